The Morgan fingerprint density at radius 2 is 2.00 bits per heavy atom. The number of aliphatic hydroxyl groups is 1. The highest BCUT2D eigenvalue weighted by molar-refractivity contribution is 5.75. The molecule has 1 aromatic rings. The number of benzene rings is 1. The summed E-state index contributed by atoms with van der Waals surface area (Å²) in [6, 6.07) is 6.00. The van der Waals surface area contributed by atoms with Gasteiger partial charge in [0.2, 0.25) is 0 Å². The third-order valence-electron chi connectivity index (χ3n) is 4.52. The van der Waals surface area contributed by atoms with Gasteiger partial charge in [0.05, 0.1) is 12.1 Å². The maximum atomic E-state index is 12.1. The number of hydrogen-bond donors (Lipinski definition) is 3. The highest BCUT2D eigenvalue weighted by Crippen LogP contribution is 2.28. The molecule has 2 amide bonds. The Labute approximate surface area is 132 Å². The van der Waals surface area contributed by atoms with Gasteiger partial charge in [-0.25, -0.2) is 4.79 Å². The second-order valence-corrected chi connectivity index (χ2v) is 6.46. The number of nitrogens with zero attached hydrogens (tertiary/aromatic N) is 1. The van der Waals surface area contributed by atoms with Crippen LogP contribution in [-0.2, 0) is 6.54 Å². The van der Waals surface area contributed by atoms with E-state index in [1.165, 1.54) is 0 Å². The molecular formula is C17H27N3O2. The number of aryl methyl sites for hydroxylation is 1. The van der Waals surface area contributed by atoms with E-state index in [4.69, 9.17) is 0 Å². The van der Waals surface area contributed by atoms with Crippen LogP contribution < -0.4 is 15.5 Å². The van der Waals surface area contributed by atoms with Crippen LogP contribution in [0.4, 0.5) is 10.5 Å². The summed E-state index contributed by atoms with van der Waals surface area (Å²) in [6.07, 6.45) is 3.83. The molecule has 0 radical (unpaired) electrons. The fourth-order valence-corrected chi connectivity index (χ4v) is 2.99. The molecule has 0 heterocycles. The van der Waals surface area contributed by atoms with Crippen molar-refractivity contribution in [2.75, 3.05) is 25.6 Å². The summed E-state index contributed by atoms with van der Waals surface area (Å²) in [5.74, 6) is 0. The highest BCUT2D eigenvalue weighted by Gasteiger charge is 2.34. The Balaban J connectivity index is 1.91. The third kappa shape index (κ3) is 3.91. The first-order valence-electron chi connectivity index (χ1n) is 7.89. The van der Waals surface area contributed by atoms with Crippen molar-refractivity contribution in [1.82, 2.24) is 10.6 Å². The third-order valence-corrected chi connectivity index (χ3v) is 4.52. The largest absolute Gasteiger partial charge is 0.394 e. The van der Waals surface area contributed by atoms with Gasteiger partial charge in [0.1, 0.15) is 0 Å². The zero-order chi connectivity index (χ0) is 16.2. The monoisotopic (exact) mass is 305 g/mol. The summed E-state index contributed by atoms with van der Waals surface area (Å²) in [5.41, 5.74) is 2.99. The fraction of sp³-hybridized carbons (Fsp3) is 0.588. The number of carbonyl (C=O) groups excluding carboxylic acids is 1. The van der Waals surface area contributed by atoms with Crippen LogP contribution in [0.15, 0.2) is 18.2 Å². The molecule has 122 valence electrons. The molecule has 5 nitrogen and oxygen atoms in total. The molecule has 0 unspecified atom stereocenters. The van der Waals surface area contributed by atoms with Crippen molar-refractivity contribution in [3.63, 3.8) is 0 Å². The van der Waals surface area contributed by atoms with E-state index >= 15 is 0 Å². The van der Waals surface area contributed by atoms with Gasteiger partial charge in [0.25, 0.3) is 0 Å². The molecule has 1 fully saturated rings. The van der Waals surface area contributed by atoms with Gasteiger partial charge in [-0.2, -0.15) is 0 Å². The number of nitrogens with one attached hydrogen (secondary N) is 2. The number of amides is 2. The molecule has 2 rings (SSSR count). The van der Waals surface area contributed by atoms with Crippen LogP contribution in [0.5, 0.6) is 0 Å². The summed E-state index contributed by atoms with van der Waals surface area (Å²) in [4.78, 5) is 14.1. The number of urea groups is 1. The van der Waals surface area contributed by atoms with Crippen LogP contribution in [0.2, 0.25) is 0 Å². The van der Waals surface area contributed by atoms with E-state index in [2.05, 4.69) is 21.6 Å². The molecule has 1 aromatic carbocycles. The molecule has 1 aliphatic carbocycles. The molecule has 0 saturated heterocycles. The minimum absolute atomic E-state index is 0.0109. The fourth-order valence-electron chi connectivity index (χ4n) is 2.99. The highest BCUT2D eigenvalue weighted by atomic mass is 16.3. The molecule has 0 spiro atoms. The van der Waals surface area contributed by atoms with E-state index < -0.39 is 5.54 Å². The number of hydrogen-bond acceptors (Lipinski definition) is 3. The molecule has 22 heavy (non-hydrogen) atoms. The molecule has 0 bridgehead atoms. The second-order valence-electron chi connectivity index (χ2n) is 6.46. The van der Waals surface area contributed by atoms with Crippen molar-refractivity contribution in [2.24, 2.45) is 0 Å². The lowest BCUT2D eigenvalue weighted by atomic mass is 9.99. The lowest BCUT2D eigenvalue weighted by molar-refractivity contribution is 0.162. The van der Waals surface area contributed by atoms with Gasteiger partial charge in [-0.15, -0.1) is 0 Å². The molecular weight excluding hydrogens is 278 g/mol. The van der Waals surface area contributed by atoms with Crippen LogP contribution in [0.3, 0.4) is 0 Å². The van der Waals surface area contributed by atoms with Crippen LogP contribution in [0, 0.1) is 6.92 Å². The number of carbonyl (C=O) groups is 1. The zero-order valence-electron chi connectivity index (χ0n) is 13.8. The minimum Gasteiger partial charge on any atom is -0.394 e. The molecule has 3 N–H and O–H groups in total. The maximum absolute atomic E-state index is 12.1. The summed E-state index contributed by atoms with van der Waals surface area (Å²) in [5, 5.41) is 15.4. The summed E-state index contributed by atoms with van der Waals surface area (Å²) in [6.45, 7) is 2.55. The van der Waals surface area contributed by atoms with Crippen molar-refractivity contribution in [2.45, 2.75) is 44.7 Å². The maximum Gasteiger partial charge on any atom is 0.315 e. The van der Waals surface area contributed by atoms with Gasteiger partial charge < -0.3 is 20.6 Å². The lowest BCUT2D eigenvalue weighted by Gasteiger charge is -2.28. The first-order chi connectivity index (χ1) is 10.5. The van der Waals surface area contributed by atoms with Crippen molar-refractivity contribution < 1.29 is 9.90 Å². The van der Waals surface area contributed by atoms with Crippen molar-refractivity contribution in [1.29, 1.82) is 0 Å². The molecule has 1 aliphatic rings. The predicted molar refractivity (Wildman–Crippen MR) is 89.2 cm³/mol. The van der Waals surface area contributed by atoms with E-state index in [9.17, 15) is 9.90 Å². The smallest absolute Gasteiger partial charge is 0.315 e. The Kier molecular flexibility index (Phi) is 5.29. The number of anilines is 1. The Morgan fingerprint density at radius 1 is 1.32 bits per heavy atom. The first-order valence-corrected chi connectivity index (χ1v) is 7.89. The van der Waals surface area contributed by atoms with Crippen molar-refractivity contribution in [3.05, 3.63) is 29.3 Å². The van der Waals surface area contributed by atoms with Crippen molar-refractivity contribution in [3.8, 4) is 0 Å². The Hall–Kier alpha value is -1.75. The second kappa shape index (κ2) is 7.01. The molecule has 0 aliphatic heterocycles. The van der Waals surface area contributed by atoms with Crippen LogP contribution in [0.1, 0.15) is 36.8 Å². The van der Waals surface area contributed by atoms with Crippen LogP contribution in [-0.4, -0.2) is 37.4 Å². The number of aliphatic hydroxyl groups excluding tert-OH is 1. The molecule has 5 heteroatoms. The number of rotatable bonds is 5. The SMILES string of the molecule is Cc1cc(N(C)C)ccc1CNC(=O)NC1(CO)CCCC1. The summed E-state index contributed by atoms with van der Waals surface area (Å²) >= 11 is 0. The minimum atomic E-state index is -0.423. The van der Waals surface area contributed by atoms with Crippen molar-refractivity contribution >= 4 is 11.7 Å². The van der Waals surface area contributed by atoms with E-state index in [0.29, 0.717) is 6.54 Å². The normalized spacial score (nSPS) is 16.4. The van der Waals surface area contributed by atoms with Gasteiger partial charge in [0.15, 0.2) is 0 Å². The predicted octanol–water partition coefficient (Wildman–Crippen LogP) is 2.17. The summed E-state index contributed by atoms with van der Waals surface area (Å²) < 4.78 is 0. The quantitative estimate of drug-likeness (QED) is 0.781. The molecule has 0 atom stereocenters. The molecule has 0 aromatic heterocycles. The van der Waals surface area contributed by atoms with E-state index in [0.717, 1.165) is 42.5 Å². The average molecular weight is 305 g/mol. The molecule has 1 saturated carbocycles. The zero-order valence-corrected chi connectivity index (χ0v) is 13.8. The van der Waals surface area contributed by atoms with E-state index in [1.807, 2.05) is 33.2 Å². The van der Waals surface area contributed by atoms with Gasteiger partial charge >= 0.3 is 6.03 Å². The standard InChI is InChI=1S/C17H27N3O2/c1-13-10-15(20(2)3)7-6-14(13)11-18-16(22)19-17(12-21)8-4-5-9-17/h6-7,10,21H,4-5,8-9,11-12H2,1-3H3,(H2,18,19,22). The van der Waals surface area contributed by atoms with E-state index in [-0.39, 0.29) is 12.6 Å². The Morgan fingerprint density at radius 3 is 2.55 bits per heavy atom. The first kappa shape index (κ1) is 16.6. The van der Waals surface area contributed by atoms with Gasteiger partial charge in [0, 0.05) is 26.3 Å². The van der Waals surface area contributed by atoms with Crippen LogP contribution in [0.25, 0.3) is 0 Å². The lowest BCUT2D eigenvalue weighted by Crippen LogP contribution is -2.52. The van der Waals surface area contributed by atoms with Gasteiger partial charge in [-0.1, -0.05) is 18.9 Å². The summed E-state index contributed by atoms with van der Waals surface area (Å²) in [7, 11) is 4.02. The average Bonchev–Trinajstić information content (AvgIpc) is 2.94. The van der Waals surface area contributed by atoms with Crippen LogP contribution >= 0.6 is 0 Å². The van der Waals surface area contributed by atoms with Gasteiger partial charge in [-0.3, -0.25) is 0 Å². The van der Waals surface area contributed by atoms with Gasteiger partial charge in [-0.05, 0) is 43.0 Å². The topological polar surface area (TPSA) is 64.6 Å². The van der Waals surface area contributed by atoms with E-state index in [1.54, 1.807) is 0 Å². The Bertz CT molecular complexity index is 523.